The largest absolute Gasteiger partial charge is 0.309 e. The number of nitrogens with zero attached hydrogens (tertiary/aromatic N) is 2. The van der Waals surface area contributed by atoms with E-state index in [2.05, 4.69) is 49.2 Å². The van der Waals surface area contributed by atoms with Crippen LogP contribution in [0.4, 0.5) is 5.69 Å². The first kappa shape index (κ1) is 17.3. The Bertz CT molecular complexity index is 526. The van der Waals surface area contributed by atoms with Gasteiger partial charge >= 0.3 is 0 Å². The zero-order valence-electron chi connectivity index (χ0n) is 13.6. The van der Waals surface area contributed by atoms with Gasteiger partial charge in [-0.3, -0.25) is 9.69 Å². The second-order valence-electron chi connectivity index (χ2n) is 6.61. The lowest BCUT2D eigenvalue weighted by Gasteiger charge is -2.36. The minimum atomic E-state index is 0. The predicted octanol–water partition coefficient (Wildman–Crippen LogP) is 2.07. The van der Waals surface area contributed by atoms with Crippen LogP contribution >= 0.6 is 12.4 Å². The average Bonchev–Trinajstić information content (AvgIpc) is 2.73. The predicted molar refractivity (Wildman–Crippen MR) is 92.8 cm³/mol. The first-order valence-corrected chi connectivity index (χ1v) is 7.93. The number of halogens is 1. The number of carbonyl (C=O) groups is 1. The number of amides is 1. The summed E-state index contributed by atoms with van der Waals surface area (Å²) in [7, 11) is 0. The molecule has 0 spiro atoms. The third kappa shape index (κ3) is 3.45. The standard InChI is InChI=1S/C17H25N3O.ClH/c1-12-9-19(10-13(2)18-12)11-17(21)20-14(3)8-15-6-4-5-7-16(15)20;/h4-7,12-14,18H,8-11H2,1-3H3;1H. The first-order valence-electron chi connectivity index (χ1n) is 7.93. The summed E-state index contributed by atoms with van der Waals surface area (Å²) in [5, 5.41) is 3.51. The fourth-order valence-electron chi connectivity index (χ4n) is 3.78. The van der Waals surface area contributed by atoms with Crippen LogP contribution in [0.15, 0.2) is 24.3 Å². The molecule has 1 N–H and O–H groups in total. The van der Waals surface area contributed by atoms with Crippen LogP contribution in [0.1, 0.15) is 26.3 Å². The Labute approximate surface area is 139 Å². The van der Waals surface area contributed by atoms with Crippen LogP contribution in [-0.4, -0.2) is 48.6 Å². The number of fused-ring (bicyclic) bond motifs is 1. The summed E-state index contributed by atoms with van der Waals surface area (Å²) in [5.41, 5.74) is 2.40. The van der Waals surface area contributed by atoms with E-state index in [1.807, 2.05) is 11.0 Å². The highest BCUT2D eigenvalue weighted by atomic mass is 35.5. The molecule has 0 saturated carbocycles. The van der Waals surface area contributed by atoms with Gasteiger partial charge in [0.05, 0.1) is 6.54 Å². The Morgan fingerprint density at radius 3 is 2.50 bits per heavy atom. The van der Waals surface area contributed by atoms with Crippen molar-refractivity contribution < 1.29 is 4.79 Å². The molecule has 3 rings (SSSR count). The second kappa shape index (κ2) is 6.99. The molecule has 1 aromatic rings. The van der Waals surface area contributed by atoms with Crippen molar-refractivity contribution in [1.29, 1.82) is 0 Å². The maximum atomic E-state index is 12.8. The minimum absolute atomic E-state index is 0. The zero-order valence-corrected chi connectivity index (χ0v) is 14.4. The molecule has 3 unspecified atom stereocenters. The summed E-state index contributed by atoms with van der Waals surface area (Å²) in [4.78, 5) is 17.0. The Balaban J connectivity index is 0.00000176. The highest BCUT2D eigenvalue weighted by Gasteiger charge is 2.32. The number of hydrogen-bond acceptors (Lipinski definition) is 3. The molecule has 2 aliphatic rings. The fourth-order valence-corrected chi connectivity index (χ4v) is 3.78. The fraction of sp³-hybridized carbons (Fsp3) is 0.588. The van der Waals surface area contributed by atoms with Crippen molar-refractivity contribution in [3.63, 3.8) is 0 Å². The number of rotatable bonds is 2. The molecule has 4 nitrogen and oxygen atoms in total. The number of nitrogens with one attached hydrogen (secondary N) is 1. The Kier molecular flexibility index (Phi) is 5.48. The number of anilines is 1. The van der Waals surface area contributed by atoms with E-state index in [1.54, 1.807) is 0 Å². The van der Waals surface area contributed by atoms with Crippen LogP contribution in [0.3, 0.4) is 0 Å². The lowest BCUT2D eigenvalue weighted by atomic mass is 10.1. The lowest BCUT2D eigenvalue weighted by Crippen LogP contribution is -2.56. The van der Waals surface area contributed by atoms with Crippen LogP contribution in [0.5, 0.6) is 0 Å². The van der Waals surface area contributed by atoms with E-state index in [-0.39, 0.29) is 24.4 Å². The Hall–Kier alpha value is -1.10. The molecule has 0 aromatic heterocycles. The van der Waals surface area contributed by atoms with Gasteiger partial charge in [-0.25, -0.2) is 0 Å². The maximum absolute atomic E-state index is 12.8. The number of hydrogen-bond donors (Lipinski definition) is 1. The molecule has 1 fully saturated rings. The highest BCUT2D eigenvalue weighted by Crippen LogP contribution is 2.31. The molecule has 3 atom stereocenters. The zero-order chi connectivity index (χ0) is 15.0. The van der Waals surface area contributed by atoms with Crippen molar-refractivity contribution in [2.75, 3.05) is 24.5 Å². The quantitative estimate of drug-likeness (QED) is 0.905. The van der Waals surface area contributed by atoms with Gasteiger partial charge in [0.1, 0.15) is 0 Å². The number of piperazine rings is 1. The smallest absolute Gasteiger partial charge is 0.241 e. The SMILES string of the molecule is CC1CN(CC(=O)N2c3ccccc3CC2C)CC(C)N1.Cl. The van der Waals surface area contributed by atoms with Crippen molar-refractivity contribution >= 4 is 24.0 Å². The molecule has 1 aromatic carbocycles. The first-order chi connectivity index (χ1) is 10.0. The van der Waals surface area contributed by atoms with E-state index in [1.165, 1.54) is 5.56 Å². The summed E-state index contributed by atoms with van der Waals surface area (Å²) >= 11 is 0. The summed E-state index contributed by atoms with van der Waals surface area (Å²) in [5.74, 6) is 0.230. The van der Waals surface area contributed by atoms with Crippen molar-refractivity contribution in [1.82, 2.24) is 10.2 Å². The van der Waals surface area contributed by atoms with Gasteiger partial charge in [0.2, 0.25) is 5.91 Å². The molecule has 0 aliphatic carbocycles. The summed E-state index contributed by atoms with van der Waals surface area (Å²) in [6, 6.07) is 9.45. The average molecular weight is 324 g/mol. The van der Waals surface area contributed by atoms with Crippen molar-refractivity contribution in [3.05, 3.63) is 29.8 Å². The third-order valence-corrected chi connectivity index (χ3v) is 4.47. The van der Waals surface area contributed by atoms with E-state index >= 15 is 0 Å². The van der Waals surface area contributed by atoms with Gasteiger partial charge in [-0.1, -0.05) is 18.2 Å². The van der Waals surface area contributed by atoms with Crippen LogP contribution in [0, 0.1) is 0 Å². The van der Waals surface area contributed by atoms with Crippen LogP contribution in [0.2, 0.25) is 0 Å². The van der Waals surface area contributed by atoms with Gasteiger partial charge in [0.25, 0.3) is 0 Å². The molecular formula is C17H26ClN3O. The van der Waals surface area contributed by atoms with E-state index in [4.69, 9.17) is 0 Å². The van der Waals surface area contributed by atoms with E-state index in [9.17, 15) is 4.79 Å². The maximum Gasteiger partial charge on any atom is 0.241 e. The molecule has 2 heterocycles. The summed E-state index contributed by atoms with van der Waals surface area (Å²) in [6.45, 7) is 8.91. The number of benzene rings is 1. The van der Waals surface area contributed by atoms with Gasteiger partial charge < -0.3 is 10.2 Å². The third-order valence-electron chi connectivity index (χ3n) is 4.47. The van der Waals surface area contributed by atoms with Crippen molar-refractivity contribution in [3.8, 4) is 0 Å². The Morgan fingerprint density at radius 2 is 1.82 bits per heavy atom. The Morgan fingerprint density at radius 1 is 1.18 bits per heavy atom. The molecule has 2 aliphatic heterocycles. The topological polar surface area (TPSA) is 35.6 Å². The highest BCUT2D eigenvalue weighted by molar-refractivity contribution is 5.97. The number of carbonyl (C=O) groups excluding carboxylic acids is 1. The summed E-state index contributed by atoms with van der Waals surface area (Å²) < 4.78 is 0. The monoisotopic (exact) mass is 323 g/mol. The second-order valence-corrected chi connectivity index (χ2v) is 6.61. The molecule has 5 heteroatoms. The van der Waals surface area contributed by atoms with Gasteiger partial charge in [0.15, 0.2) is 0 Å². The molecule has 1 amide bonds. The van der Waals surface area contributed by atoms with Crippen LogP contribution in [-0.2, 0) is 11.2 Å². The molecule has 122 valence electrons. The normalized spacial score (nSPS) is 28.1. The molecule has 22 heavy (non-hydrogen) atoms. The van der Waals surface area contributed by atoms with E-state index in [0.717, 1.165) is 25.2 Å². The molecular weight excluding hydrogens is 298 g/mol. The number of para-hydroxylation sites is 1. The van der Waals surface area contributed by atoms with Gasteiger partial charge in [-0.2, -0.15) is 0 Å². The summed E-state index contributed by atoms with van der Waals surface area (Å²) in [6.07, 6.45) is 0.969. The van der Waals surface area contributed by atoms with Crippen molar-refractivity contribution in [2.45, 2.75) is 45.3 Å². The van der Waals surface area contributed by atoms with Crippen molar-refractivity contribution in [2.24, 2.45) is 0 Å². The molecule has 0 radical (unpaired) electrons. The van der Waals surface area contributed by atoms with Gasteiger partial charge in [-0.05, 0) is 38.8 Å². The van der Waals surface area contributed by atoms with E-state index in [0.29, 0.717) is 18.6 Å². The molecule has 0 bridgehead atoms. The van der Waals surface area contributed by atoms with Gasteiger partial charge in [0, 0.05) is 36.9 Å². The molecule has 1 saturated heterocycles. The lowest BCUT2D eigenvalue weighted by molar-refractivity contribution is -0.120. The van der Waals surface area contributed by atoms with Crippen LogP contribution < -0.4 is 10.2 Å². The van der Waals surface area contributed by atoms with Crippen LogP contribution in [0.25, 0.3) is 0 Å². The van der Waals surface area contributed by atoms with Gasteiger partial charge in [-0.15, -0.1) is 12.4 Å². The van der Waals surface area contributed by atoms with E-state index < -0.39 is 0 Å². The minimum Gasteiger partial charge on any atom is -0.309 e.